The van der Waals surface area contributed by atoms with Gasteiger partial charge >= 0.3 is 0 Å². The molecule has 1 N–H and O–H groups in total. The van der Waals surface area contributed by atoms with Crippen LogP contribution in [0.5, 0.6) is 0 Å². The molecule has 120 valence electrons. The summed E-state index contributed by atoms with van der Waals surface area (Å²) in [6, 6.07) is 0. The number of carbonyl (C=O) groups is 1. The van der Waals surface area contributed by atoms with Crippen molar-refractivity contribution in [2.45, 2.75) is 104 Å². The SMILES string of the molecule is CCCCCCCCCCCCCCCCNC(C)=O. The van der Waals surface area contributed by atoms with E-state index in [4.69, 9.17) is 0 Å². The third kappa shape index (κ3) is 17.5. The van der Waals surface area contributed by atoms with Gasteiger partial charge in [-0.05, 0) is 6.42 Å². The van der Waals surface area contributed by atoms with Crippen LogP contribution in [-0.4, -0.2) is 12.5 Å². The van der Waals surface area contributed by atoms with Crippen molar-refractivity contribution in [2.24, 2.45) is 0 Å². The number of hydrogen-bond acceptors (Lipinski definition) is 1. The Hall–Kier alpha value is -0.530. The third-order valence-corrected chi connectivity index (χ3v) is 3.90. The van der Waals surface area contributed by atoms with Gasteiger partial charge in [-0.25, -0.2) is 0 Å². The standard InChI is InChI=1S/C18H37NO/c1-3-4-5-6-7-8-9-10-11-12-13-14-15-16-17-19-18(2)20/h3-17H2,1-2H3,(H,19,20). The minimum atomic E-state index is 0.0969. The van der Waals surface area contributed by atoms with E-state index in [-0.39, 0.29) is 5.91 Å². The maximum atomic E-state index is 10.7. The minimum Gasteiger partial charge on any atom is -0.356 e. The van der Waals surface area contributed by atoms with Gasteiger partial charge in [-0.1, -0.05) is 90.4 Å². The van der Waals surface area contributed by atoms with Crippen LogP contribution in [0.2, 0.25) is 0 Å². The van der Waals surface area contributed by atoms with E-state index < -0.39 is 0 Å². The lowest BCUT2D eigenvalue weighted by Crippen LogP contribution is -2.20. The molecule has 0 saturated carbocycles. The van der Waals surface area contributed by atoms with Crippen LogP contribution in [0.4, 0.5) is 0 Å². The van der Waals surface area contributed by atoms with Gasteiger partial charge in [0, 0.05) is 13.5 Å². The summed E-state index contributed by atoms with van der Waals surface area (Å²) < 4.78 is 0. The highest BCUT2D eigenvalue weighted by molar-refractivity contribution is 5.72. The molecule has 0 aliphatic heterocycles. The van der Waals surface area contributed by atoms with Crippen molar-refractivity contribution in [3.63, 3.8) is 0 Å². The van der Waals surface area contributed by atoms with Gasteiger partial charge < -0.3 is 5.32 Å². The van der Waals surface area contributed by atoms with Crippen LogP contribution in [0, 0.1) is 0 Å². The van der Waals surface area contributed by atoms with E-state index in [1.807, 2.05) is 0 Å². The second-order valence-electron chi connectivity index (χ2n) is 6.08. The molecule has 0 aromatic carbocycles. The molecular weight excluding hydrogens is 246 g/mol. The molecule has 0 aliphatic rings. The number of hydrogen-bond donors (Lipinski definition) is 1. The molecule has 1 amide bonds. The van der Waals surface area contributed by atoms with E-state index in [9.17, 15) is 4.79 Å². The summed E-state index contributed by atoms with van der Waals surface area (Å²) in [7, 11) is 0. The van der Waals surface area contributed by atoms with Crippen molar-refractivity contribution in [2.75, 3.05) is 6.54 Å². The summed E-state index contributed by atoms with van der Waals surface area (Å²) >= 11 is 0. The van der Waals surface area contributed by atoms with Gasteiger partial charge in [0.2, 0.25) is 5.91 Å². The van der Waals surface area contributed by atoms with Crippen LogP contribution in [0.1, 0.15) is 104 Å². The number of unbranched alkanes of at least 4 members (excludes halogenated alkanes) is 13. The smallest absolute Gasteiger partial charge is 0.216 e. The molecule has 0 aromatic heterocycles. The summed E-state index contributed by atoms with van der Waals surface area (Å²) in [5, 5.41) is 2.85. The first-order chi connectivity index (χ1) is 9.77. The van der Waals surface area contributed by atoms with Gasteiger partial charge in [-0.3, -0.25) is 4.79 Å². The van der Waals surface area contributed by atoms with E-state index in [0.717, 1.165) is 13.0 Å². The van der Waals surface area contributed by atoms with Crippen molar-refractivity contribution in [1.29, 1.82) is 0 Å². The Balaban J connectivity index is 2.94. The largest absolute Gasteiger partial charge is 0.356 e. The second kappa shape index (κ2) is 16.5. The zero-order chi connectivity index (χ0) is 14.9. The molecule has 0 atom stereocenters. The molecule has 0 saturated heterocycles. The first-order valence-corrected chi connectivity index (χ1v) is 9.01. The minimum absolute atomic E-state index is 0.0969. The Morgan fingerprint density at radius 1 is 0.650 bits per heavy atom. The van der Waals surface area contributed by atoms with Crippen LogP contribution in [0.15, 0.2) is 0 Å². The highest BCUT2D eigenvalue weighted by Crippen LogP contribution is 2.12. The van der Waals surface area contributed by atoms with Crippen molar-refractivity contribution in [3.05, 3.63) is 0 Å². The molecule has 2 heteroatoms. The Morgan fingerprint density at radius 3 is 1.35 bits per heavy atom. The summed E-state index contributed by atoms with van der Waals surface area (Å²) in [6.07, 6.45) is 19.3. The molecule has 0 radical (unpaired) electrons. The maximum Gasteiger partial charge on any atom is 0.216 e. The summed E-state index contributed by atoms with van der Waals surface area (Å²) in [6.45, 7) is 4.72. The fourth-order valence-electron chi connectivity index (χ4n) is 2.58. The number of rotatable bonds is 15. The van der Waals surface area contributed by atoms with Gasteiger partial charge in [-0.2, -0.15) is 0 Å². The lowest BCUT2D eigenvalue weighted by Gasteiger charge is -2.03. The number of nitrogens with one attached hydrogen (secondary N) is 1. The Labute approximate surface area is 127 Å². The topological polar surface area (TPSA) is 29.1 Å². The molecule has 0 spiro atoms. The first kappa shape index (κ1) is 19.5. The van der Waals surface area contributed by atoms with Crippen LogP contribution >= 0.6 is 0 Å². The molecule has 0 heterocycles. The molecule has 0 rings (SSSR count). The number of carbonyl (C=O) groups excluding carboxylic acids is 1. The van der Waals surface area contributed by atoms with Crippen molar-refractivity contribution in [3.8, 4) is 0 Å². The molecule has 0 bridgehead atoms. The van der Waals surface area contributed by atoms with E-state index in [2.05, 4.69) is 12.2 Å². The molecular formula is C18H37NO. The lowest BCUT2D eigenvalue weighted by molar-refractivity contribution is -0.118. The van der Waals surface area contributed by atoms with Crippen LogP contribution < -0.4 is 5.32 Å². The first-order valence-electron chi connectivity index (χ1n) is 9.01. The van der Waals surface area contributed by atoms with Crippen LogP contribution in [0.25, 0.3) is 0 Å². The maximum absolute atomic E-state index is 10.7. The van der Waals surface area contributed by atoms with Gasteiger partial charge in [0.1, 0.15) is 0 Å². The monoisotopic (exact) mass is 283 g/mol. The molecule has 2 nitrogen and oxygen atoms in total. The Morgan fingerprint density at radius 2 is 1.00 bits per heavy atom. The third-order valence-electron chi connectivity index (χ3n) is 3.90. The quantitative estimate of drug-likeness (QED) is 0.389. The summed E-state index contributed by atoms with van der Waals surface area (Å²) in [4.78, 5) is 10.7. The highest BCUT2D eigenvalue weighted by atomic mass is 16.1. The predicted molar refractivity (Wildman–Crippen MR) is 89.0 cm³/mol. The fourth-order valence-corrected chi connectivity index (χ4v) is 2.58. The van der Waals surface area contributed by atoms with E-state index >= 15 is 0 Å². The van der Waals surface area contributed by atoms with E-state index in [0.29, 0.717) is 0 Å². The Kier molecular flexibility index (Phi) is 16.1. The van der Waals surface area contributed by atoms with Crippen LogP contribution in [0.3, 0.4) is 0 Å². The van der Waals surface area contributed by atoms with Crippen molar-refractivity contribution >= 4 is 5.91 Å². The van der Waals surface area contributed by atoms with Gasteiger partial charge in [0.15, 0.2) is 0 Å². The van der Waals surface area contributed by atoms with Gasteiger partial charge in [0.25, 0.3) is 0 Å². The molecule has 0 aliphatic carbocycles. The van der Waals surface area contributed by atoms with E-state index in [1.165, 1.54) is 83.5 Å². The average Bonchev–Trinajstić information content (AvgIpc) is 2.43. The second-order valence-corrected chi connectivity index (χ2v) is 6.08. The predicted octanol–water partition coefficient (Wildman–Crippen LogP) is 5.60. The zero-order valence-corrected chi connectivity index (χ0v) is 14.0. The lowest BCUT2D eigenvalue weighted by atomic mass is 10.0. The summed E-state index contributed by atoms with van der Waals surface area (Å²) in [5.74, 6) is 0.0969. The normalized spacial score (nSPS) is 10.7. The zero-order valence-electron chi connectivity index (χ0n) is 14.0. The van der Waals surface area contributed by atoms with Gasteiger partial charge in [-0.15, -0.1) is 0 Å². The number of amides is 1. The van der Waals surface area contributed by atoms with E-state index in [1.54, 1.807) is 6.92 Å². The molecule has 0 fully saturated rings. The molecule has 0 aromatic rings. The molecule has 0 unspecified atom stereocenters. The average molecular weight is 283 g/mol. The van der Waals surface area contributed by atoms with Gasteiger partial charge in [0.05, 0.1) is 0 Å². The highest BCUT2D eigenvalue weighted by Gasteiger charge is 1.94. The Bertz CT molecular complexity index is 204. The van der Waals surface area contributed by atoms with Crippen molar-refractivity contribution in [1.82, 2.24) is 5.32 Å². The van der Waals surface area contributed by atoms with Crippen LogP contribution in [-0.2, 0) is 4.79 Å². The summed E-state index contributed by atoms with van der Waals surface area (Å²) in [5.41, 5.74) is 0. The van der Waals surface area contributed by atoms with Crippen molar-refractivity contribution < 1.29 is 4.79 Å². The fraction of sp³-hybridized carbons (Fsp3) is 0.944. The molecule has 20 heavy (non-hydrogen) atoms.